The Kier molecular flexibility index (Phi) is 13.0. The van der Waals surface area contributed by atoms with E-state index in [1.807, 2.05) is 23.7 Å². The molecule has 1 aromatic carbocycles. The number of carbonyl (C=O) groups excluding carboxylic acids is 1. The average molecular weight is 334 g/mol. The van der Waals surface area contributed by atoms with Gasteiger partial charge in [0.15, 0.2) is 0 Å². The number of halogens is 3. The molecule has 1 aliphatic rings. The fourth-order valence-electron chi connectivity index (χ4n) is 2.14. The molecular formula is C16H25F3N2O2. The van der Waals surface area contributed by atoms with Gasteiger partial charge in [0.25, 0.3) is 0 Å². The van der Waals surface area contributed by atoms with Gasteiger partial charge in [0.05, 0.1) is 0 Å². The highest BCUT2D eigenvalue weighted by Gasteiger charge is 2.17. The molecule has 1 aliphatic carbocycles. The summed E-state index contributed by atoms with van der Waals surface area (Å²) in [5.41, 5.74) is 2.68. The lowest BCUT2D eigenvalue weighted by Gasteiger charge is -2.12. The van der Waals surface area contributed by atoms with Gasteiger partial charge in [0.2, 0.25) is 5.91 Å². The molecule has 0 radical (unpaired) electrons. The monoisotopic (exact) mass is 334 g/mol. The van der Waals surface area contributed by atoms with Crippen LogP contribution < -0.4 is 10.8 Å². The number of carbonyl (C=O) groups is 1. The van der Waals surface area contributed by atoms with Crippen molar-refractivity contribution in [3.8, 4) is 0 Å². The third-order valence-electron chi connectivity index (χ3n) is 3.27. The zero-order chi connectivity index (χ0) is 17.5. The second-order valence-corrected chi connectivity index (χ2v) is 4.96. The Morgan fingerprint density at radius 2 is 1.39 bits per heavy atom. The Labute approximate surface area is 135 Å². The van der Waals surface area contributed by atoms with E-state index in [9.17, 15) is 18.0 Å². The topological polar surface area (TPSA) is 61.4 Å². The number of benzene rings is 1. The van der Waals surface area contributed by atoms with Crippen molar-refractivity contribution in [2.45, 2.75) is 51.2 Å². The first-order valence-corrected chi connectivity index (χ1v) is 7.61. The summed E-state index contributed by atoms with van der Waals surface area (Å²) in [5, 5.41) is 11.2. The summed E-state index contributed by atoms with van der Waals surface area (Å²) in [6.45, 7) is -3.67. The number of rotatable bonds is 3. The van der Waals surface area contributed by atoms with E-state index < -0.39 is 12.7 Å². The van der Waals surface area contributed by atoms with Crippen molar-refractivity contribution in [3.63, 3.8) is 0 Å². The van der Waals surface area contributed by atoms with Gasteiger partial charge in [-0.15, -0.1) is 0 Å². The van der Waals surface area contributed by atoms with E-state index in [2.05, 4.69) is 5.32 Å². The van der Waals surface area contributed by atoms with E-state index in [1.165, 1.54) is 45.6 Å². The highest BCUT2D eigenvalue weighted by atomic mass is 19.4. The van der Waals surface area contributed by atoms with Crippen molar-refractivity contribution in [1.29, 1.82) is 0 Å². The van der Waals surface area contributed by atoms with Crippen LogP contribution in [0.1, 0.15) is 50.1 Å². The van der Waals surface area contributed by atoms with Gasteiger partial charge in [-0.25, -0.2) is 0 Å². The summed E-state index contributed by atoms with van der Waals surface area (Å²) in [6.07, 6.45) is 9.00. The standard InChI is InChI=1S/C9H12N2O2.C6H12.CHF3/c1-10-9(12)8(11-13)7-5-3-2-4-6-7;1-2-4-6-5-3-1;2-1(3)4/h2-6,8,11,13H,1H3,(H,10,12);1-6H2;1H. The summed E-state index contributed by atoms with van der Waals surface area (Å²) in [4.78, 5) is 11.2. The summed E-state index contributed by atoms with van der Waals surface area (Å²) >= 11 is 0. The number of hydrogen-bond donors (Lipinski definition) is 3. The molecule has 0 bridgehead atoms. The van der Waals surface area contributed by atoms with Crippen LogP contribution in [0, 0.1) is 0 Å². The smallest absolute Gasteiger partial charge is 0.357 e. The van der Waals surface area contributed by atoms with Gasteiger partial charge >= 0.3 is 6.68 Å². The van der Waals surface area contributed by atoms with E-state index >= 15 is 0 Å². The molecule has 1 fully saturated rings. The van der Waals surface area contributed by atoms with Crippen LogP contribution in [0.25, 0.3) is 0 Å². The van der Waals surface area contributed by atoms with Gasteiger partial charge in [0.1, 0.15) is 6.04 Å². The first-order chi connectivity index (χ1) is 11.0. The van der Waals surface area contributed by atoms with Crippen molar-refractivity contribution >= 4 is 5.91 Å². The molecule has 0 aromatic heterocycles. The summed E-state index contributed by atoms with van der Waals surface area (Å²) < 4.78 is 29.0. The number of alkyl halides is 3. The molecule has 1 unspecified atom stereocenters. The normalized spacial score (nSPS) is 14.7. The second-order valence-electron chi connectivity index (χ2n) is 4.96. The number of amides is 1. The molecule has 0 heterocycles. The number of likely N-dealkylation sites (N-methyl/N-ethyl adjacent to an activating group) is 1. The van der Waals surface area contributed by atoms with Crippen LogP contribution in [0.3, 0.4) is 0 Å². The lowest BCUT2D eigenvalue weighted by molar-refractivity contribution is -0.125. The molecule has 1 atom stereocenters. The Hall–Kier alpha value is -1.60. The van der Waals surface area contributed by atoms with Crippen LogP contribution in [0.4, 0.5) is 13.2 Å². The summed E-state index contributed by atoms with van der Waals surface area (Å²) in [5.74, 6) is -0.270. The lowest BCUT2D eigenvalue weighted by Crippen LogP contribution is -2.33. The zero-order valence-corrected chi connectivity index (χ0v) is 13.3. The van der Waals surface area contributed by atoms with E-state index in [0.29, 0.717) is 0 Å². The van der Waals surface area contributed by atoms with Crippen LogP contribution in [-0.4, -0.2) is 24.8 Å². The van der Waals surface area contributed by atoms with Gasteiger partial charge < -0.3 is 10.5 Å². The minimum atomic E-state index is -3.67. The first kappa shape index (κ1) is 21.4. The van der Waals surface area contributed by atoms with Gasteiger partial charge in [-0.05, 0) is 5.56 Å². The van der Waals surface area contributed by atoms with Crippen LogP contribution in [0.15, 0.2) is 30.3 Å². The third kappa shape index (κ3) is 11.6. The molecule has 1 amide bonds. The fraction of sp³-hybridized carbons (Fsp3) is 0.562. The molecule has 0 spiro atoms. The van der Waals surface area contributed by atoms with Gasteiger partial charge in [0, 0.05) is 7.05 Å². The van der Waals surface area contributed by atoms with Gasteiger partial charge in [-0.3, -0.25) is 4.79 Å². The van der Waals surface area contributed by atoms with Crippen LogP contribution >= 0.6 is 0 Å². The van der Waals surface area contributed by atoms with E-state index in [0.717, 1.165) is 5.56 Å². The van der Waals surface area contributed by atoms with Crippen molar-refractivity contribution in [2.24, 2.45) is 0 Å². The second kappa shape index (κ2) is 14.0. The summed E-state index contributed by atoms with van der Waals surface area (Å²) in [6, 6.07) is 8.30. The molecule has 1 saturated carbocycles. The Bertz CT molecular complexity index is 387. The largest absolute Gasteiger partial charge is 0.379 e. The highest BCUT2D eigenvalue weighted by Crippen LogP contribution is 2.15. The van der Waals surface area contributed by atoms with Crippen LogP contribution in [-0.2, 0) is 4.79 Å². The van der Waals surface area contributed by atoms with Crippen molar-refractivity contribution < 1.29 is 23.2 Å². The molecule has 0 saturated heterocycles. The molecule has 132 valence electrons. The maximum absolute atomic E-state index is 11.2. The molecule has 3 N–H and O–H groups in total. The number of hydroxylamine groups is 1. The van der Waals surface area contributed by atoms with Gasteiger partial charge in [-0.1, -0.05) is 68.9 Å². The molecule has 2 rings (SSSR count). The number of nitrogens with one attached hydrogen (secondary N) is 2. The molecule has 4 nitrogen and oxygen atoms in total. The fourth-order valence-corrected chi connectivity index (χ4v) is 2.14. The Morgan fingerprint density at radius 1 is 1.00 bits per heavy atom. The highest BCUT2D eigenvalue weighted by molar-refractivity contribution is 5.82. The van der Waals surface area contributed by atoms with E-state index in [1.54, 1.807) is 12.1 Å². The molecule has 23 heavy (non-hydrogen) atoms. The van der Waals surface area contributed by atoms with E-state index in [4.69, 9.17) is 5.21 Å². The average Bonchev–Trinajstić information content (AvgIpc) is 2.58. The van der Waals surface area contributed by atoms with Crippen LogP contribution in [0.5, 0.6) is 0 Å². The predicted octanol–water partition coefficient (Wildman–Crippen LogP) is 3.97. The summed E-state index contributed by atoms with van der Waals surface area (Å²) in [7, 11) is 1.52. The predicted molar refractivity (Wildman–Crippen MR) is 83.0 cm³/mol. The van der Waals surface area contributed by atoms with Crippen molar-refractivity contribution in [2.75, 3.05) is 7.05 Å². The molecule has 0 aliphatic heterocycles. The van der Waals surface area contributed by atoms with Gasteiger partial charge in [-0.2, -0.15) is 18.7 Å². The first-order valence-electron chi connectivity index (χ1n) is 7.61. The molecule has 1 aromatic rings. The third-order valence-corrected chi connectivity index (χ3v) is 3.27. The van der Waals surface area contributed by atoms with E-state index in [-0.39, 0.29) is 5.91 Å². The zero-order valence-electron chi connectivity index (χ0n) is 13.3. The maximum atomic E-state index is 11.2. The SMILES string of the molecule is C1CCCCC1.CNC(=O)C(NO)c1ccccc1.FC(F)F. The maximum Gasteiger partial charge on any atom is 0.379 e. The molecular weight excluding hydrogens is 309 g/mol. The lowest BCUT2D eigenvalue weighted by atomic mass is 10.0. The quantitative estimate of drug-likeness (QED) is 0.733. The van der Waals surface area contributed by atoms with Crippen molar-refractivity contribution in [3.05, 3.63) is 35.9 Å². The molecule has 7 heteroatoms. The minimum Gasteiger partial charge on any atom is -0.357 e. The Balaban J connectivity index is 0.000000398. The Morgan fingerprint density at radius 3 is 1.70 bits per heavy atom. The van der Waals surface area contributed by atoms with Crippen molar-refractivity contribution in [1.82, 2.24) is 10.8 Å². The van der Waals surface area contributed by atoms with Crippen LogP contribution in [0.2, 0.25) is 0 Å². The number of hydrogen-bond acceptors (Lipinski definition) is 3. The minimum absolute atomic E-state index is 0.270.